The minimum atomic E-state index is -0.0294. The second kappa shape index (κ2) is 6.98. The van der Waals surface area contributed by atoms with Crippen LogP contribution in [0.25, 0.3) is 0 Å². The highest BCUT2D eigenvalue weighted by Crippen LogP contribution is 2.32. The van der Waals surface area contributed by atoms with Crippen molar-refractivity contribution in [3.63, 3.8) is 0 Å². The van der Waals surface area contributed by atoms with Gasteiger partial charge in [0.1, 0.15) is 0 Å². The molecular weight excluding hydrogens is 296 g/mol. The van der Waals surface area contributed by atoms with Crippen molar-refractivity contribution < 1.29 is 4.79 Å². The first-order valence-corrected chi connectivity index (χ1v) is 8.48. The van der Waals surface area contributed by atoms with Crippen molar-refractivity contribution in [2.75, 3.05) is 6.54 Å². The molecule has 1 aliphatic heterocycles. The topological polar surface area (TPSA) is 58.1 Å². The molecule has 1 aliphatic rings. The molecule has 1 fully saturated rings. The van der Waals surface area contributed by atoms with Crippen molar-refractivity contribution in [2.24, 2.45) is 0 Å². The van der Waals surface area contributed by atoms with Crippen LogP contribution in [-0.4, -0.2) is 27.3 Å². The predicted molar refractivity (Wildman–Crippen MR) is 86.3 cm³/mol. The number of rotatable bonds is 5. The fourth-order valence-electron chi connectivity index (χ4n) is 2.87. The fraction of sp³-hybridized carbons (Fsp3) is 0.438. The third-order valence-electron chi connectivity index (χ3n) is 3.90. The summed E-state index contributed by atoms with van der Waals surface area (Å²) in [5.74, 6) is -0.0294. The number of carbonyl (C=O) groups excluding carboxylic acids is 1. The molecule has 0 radical (unpaired) electrons. The van der Waals surface area contributed by atoms with Crippen molar-refractivity contribution >= 4 is 17.2 Å². The number of pyridine rings is 1. The van der Waals surface area contributed by atoms with Crippen molar-refractivity contribution in [1.82, 2.24) is 20.2 Å². The summed E-state index contributed by atoms with van der Waals surface area (Å²) in [6, 6.07) is 6.42. The molecule has 6 heteroatoms. The number of thiazole rings is 1. The molecule has 5 nitrogen and oxygen atoms in total. The predicted octanol–water partition coefficient (Wildman–Crippen LogP) is 2.51. The number of hydrogen-bond acceptors (Lipinski definition) is 5. The van der Waals surface area contributed by atoms with Gasteiger partial charge in [-0.05, 0) is 31.5 Å². The van der Waals surface area contributed by atoms with E-state index in [0.29, 0.717) is 12.6 Å². The number of amides is 1. The van der Waals surface area contributed by atoms with E-state index in [4.69, 9.17) is 4.98 Å². The van der Waals surface area contributed by atoms with E-state index in [0.717, 1.165) is 36.6 Å². The Labute approximate surface area is 134 Å². The van der Waals surface area contributed by atoms with Crippen LogP contribution in [0.1, 0.15) is 42.9 Å². The second-order valence-electron chi connectivity index (χ2n) is 5.57. The van der Waals surface area contributed by atoms with E-state index >= 15 is 0 Å². The van der Waals surface area contributed by atoms with Crippen LogP contribution in [0, 0.1) is 0 Å². The summed E-state index contributed by atoms with van der Waals surface area (Å²) in [6.45, 7) is 3.98. The van der Waals surface area contributed by atoms with E-state index in [1.54, 1.807) is 11.3 Å². The second-order valence-corrected chi connectivity index (χ2v) is 6.29. The number of nitrogens with zero attached hydrogens (tertiary/aromatic N) is 3. The minimum absolute atomic E-state index is 0.0294. The SMILES string of the molecule is CC(=O)NCc1cccc(C2CCCN2Cc2cscn2)n1. The summed E-state index contributed by atoms with van der Waals surface area (Å²) in [5.41, 5.74) is 5.02. The molecule has 0 saturated carbocycles. The van der Waals surface area contributed by atoms with Crippen molar-refractivity contribution in [2.45, 2.75) is 38.9 Å². The molecule has 116 valence electrons. The maximum absolute atomic E-state index is 11.0. The van der Waals surface area contributed by atoms with Crippen LogP contribution < -0.4 is 5.32 Å². The van der Waals surface area contributed by atoms with Crippen molar-refractivity contribution in [3.8, 4) is 0 Å². The summed E-state index contributed by atoms with van der Waals surface area (Å²) in [7, 11) is 0. The zero-order chi connectivity index (χ0) is 15.4. The maximum Gasteiger partial charge on any atom is 0.217 e. The quantitative estimate of drug-likeness (QED) is 0.921. The van der Waals surface area contributed by atoms with Gasteiger partial charge in [-0.15, -0.1) is 11.3 Å². The summed E-state index contributed by atoms with van der Waals surface area (Å²) in [6.07, 6.45) is 2.31. The lowest BCUT2D eigenvalue weighted by molar-refractivity contribution is -0.119. The fourth-order valence-corrected chi connectivity index (χ4v) is 3.42. The highest BCUT2D eigenvalue weighted by atomic mass is 32.1. The molecule has 0 bridgehead atoms. The monoisotopic (exact) mass is 316 g/mol. The van der Waals surface area contributed by atoms with Crippen LogP contribution in [0.4, 0.5) is 0 Å². The molecule has 22 heavy (non-hydrogen) atoms. The number of aromatic nitrogens is 2. The molecule has 0 spiro atoms. The van der Waals surface area contributed by atoms with Gasteiger partial charge in [0.25, 0.3) is 0 Å². The molecule has 0 aliphatic carbocycles. The number of hydrogen-bond donors (Lipinski definition) is 1. The summed E-state index contributed by atoms with van der Waals surface area (Å²) >= 11 is 1.64. The molecule has 2 aromatic rings. The highest BCUT2D eigenvalue weighted by molar-refractivity contribution is 7.07. The normalized spacial score (nSPS) is 18.5. The third-order valence-corrected chi connectivity index (χ3v) is 4.54. The smallest absolute Gasteiger partial charge is 0.217 e. The Kier molecular flexibility index (Phi) is 4.80. The molecule has 3 heterocycles. The van der Waals surface area contributed by atoms with Crippen molar-refractivity contribution in [1.29, 1.82) is 0 Å². The summed E-state index contributed by atoms with van der Waals surface area (Å²) in [5, 5.41) is 4.91. The third kappa shape index (κ3) is 3.69. The van der Waals surface area contributed by atoms with Gasteiger partial charge in [0.2, 0.25) is 5.91 Å². The van der Waals surface area contributed by atoms with Crippen LogP contribution in [-0.2, 0) is 17.9 Å². The standard InChI is InChI=1S/C16H20N4OS/c1-12(21)17-8-13-4-2-5-15(19-13)16-6-3-7-20(16)9-14-10-22-11-18-14/h2,4-5,10-11,16H,3,6-9H2,1H3,(H,17,21). The van der Waals surface area contributed by atoms with Crippen LogP contribution in [0.2, 0.25) is 0 Å². The van der Waals surface area contributed by atoms with Crippen LogP contribution >= 0.6 is 11.3 Å². The molecule has 0 aromatic carbocycles. The van der Waals surface area contributed by atoms with E-state index in [9.17, 15) is 4.79 Å². The van der Waals surface area contributed by atoms with Gasteiger partial charge in [-0.2, -0.15) is 0 Å². The van der Waals surface area contributed by atoms with Gasteiger partial charge in [0.05, 0.1) is 35.2 Å². The Morgan fingerprint density at radius 1 is 1.45 bits per heavy atom. The van der Waals surface area contributed by atoms with Gasteiger partial charge in [0, 0.05) is 18.8 Å². The van der Waals surface area contributed by atoms with E-state index in [-0.39, 0.29) is 5.91 Å². The summed E-state index contributed by atoms with van der Waals surface area (Å²) in [4.78, 5) is 22.6. The molecule has 1 unspecified atom stereocenters. The molecule has 2 aromatic heterocycles. The zero-order valence-corrected chi connectivity index (χ0v) is 13.5. The van der Waals surface area contributed by atoms with Gasteiger partial charge in [-0.25, -0.2) is 4.98 Å². The van der Waals surface area contributed by atoms with Gasteiger partial charge >= 0.3 is 0 Å². The molecule has 1 N–H and O–H groups in total. The highest BCUT2D eigenvalue weighted by Gasteiger charge is 2.27. The van der Waals surface area contributed by atoms with E-state index in [1.807, 2.05) is 17.6 Å². The van der Waals surface area contributed by atoms with E-state index in [2.05, 4.69) is 26.6 Å². The van der Waals surface area contributed by atoms with Crippen LogP contribution in [0.3, 0.4) is 0 Å². The van der Waals surface area contributed by atoms with Gasteiger partial charge in [-0.1, -0.05) is 6.07 Å². The number of carbonyl (C=O) groups is 1. The number of nitrogens with one attached hydrogen (secondary N) is 1. The lowest BCUT2D eigenvalue weighted by Gasteiger charge is -2.23. The summed E-state index contributed by atoms with van der Waals surface area (Å²) < 4.78 is 0. The Morgan fingerprint density at radius 3 is 3.14 bits per heavy atom. The Morgan fingerprint density at radius 2 is 2.36 bits per heavy atom. The van der Waals surface area contributed by atoms with Gasteiger partial charge < -0.3 is 5.32 Å². The van der Waals surface area contributed by atoms with E-state index in [1.165, 1.54) is 13.3 Å². The minimum Gasteiger partial charge on any atom is -0.351 e. The average Bonchev–Trinajstić information content (AvgIpc) is 3.18. The van der Waals surface area contributed by atoms with Gasteiger partial charge in [-0.3, -0.25) is 14.7 Å². The molecule has 1 amide bonds. The lowest BCUT2D eigenvalue weighted by Crippen LogP contribution is -2.24. The Balaban J connectivity index is 1.71. The maximum atomic E-state index is 11.0. The molecule has 3 rings (SSSR count). The average molecular weight is 316 g/mol. The first-order valence-electron chi connectivity index (χ1n) is 7.54. The van der Waals surface area contributed by atoms with Crippen molar-refractivity contribution in [3.05, 3.63) is 46.2 Å². The number of likely N-dealkylation sites (tertiary alicyclic amines) is 1. The first-order chi connectivity index (χ1) is 10.7. The molecule has 1 atom stereocenters. The van der Waals surface area contributed by atoms with Crippen LogP contribution in [0.5, 0.6) is 0 Å². The molecular formula is C16H20N4OS. The zero-order valence-electron chi connectivity index (χ0n) is 12.7. The van der Waals surface area contributed by atoms with Gasteiger partial charge in [0.15, 0.2) is 0 Å². The molecule has 1 saturated heterocycles. The van der Waals surface area contributed by atoms with Crippen LogP contribution in [0.15, 0.2) is 29.1 Å². The first kappa shape index (κ1) is 15.1. The largest absolute Gasteiger partial charge is 0.351 e. The lowest BCUT2D eigenvalue weighted by atomic mass is 10.1. The Bertz CT molecular complexity index is 629. The van der Waals surface area contributed by atoms with E-state index < -0.39 is 0 Å². The Hall–Kier alpha value is -1.79.